The zero-order valence-corrected chi connectivity index (χ0v) is 15.1. The highest BCUT2D eigenvalue weighted by Crippen LogP contribution is 2.41. The molecule has 2 amide bonds. The summed E-state index contributed by atoms with van der Waals surface area (Å²) in [7, 11) is -3.31. The van der Waals surface area contributed by atoms with Crippen LogP contribution in [0.3, 0.4) is 0 Å². The van der Waals surface area contributed by atoms with Crippen LogP contribution in [0.15, 0.2) is 24.3 Å². The van der Waals surface area contributed by atoms with Crippen molar-refractivity contribution in [1.82, 2.24) is 9.62 Å². The minimum atomic E-state index is -3.31. The molecule has 1 heterocycles. The molecule has 2 aliphatic rings. The molecule has 2 N–H and O–H groups in total. The van der Waals surface area contributed by atoms with Crippen LogP contribution in [0, 0.1) is 11.7 Å². The molecule has 0 bridgehead atoms. The monoisotopic (exact) mass is 369 g/mol. The first-order chi connectivity index (χ1) is 11.8. The first kappa shape index (κ1) is 18.1. The number of carbonyl (C=O) groups is 1. The number of nitrogens with zero attached hydrogens (tertiary/aromatic N) is 1. The summed E-state index contributed by atoms with van der Waals surface area (Å²) >= 11 is 0. The molecule has 1 aromatic rings. The molecule has 1 aliphatic carbocycles. The number of sulfonamides is 1. The lowest BCUT2D eigenvalue weighted by Gasteiger charge is -2.42. The number of hydrogen-bond donors (Lipinski definition) is 2. The number of amides is 2. The van der Waals surface area contributed by atoms with Gasteiger partial charge < -0.3 is 10.2 Å². The Kier molecular flexibility index (Phi) is 5.02. The standard InChI is InChI=1S/C17H24FN3O3S/c1-25(23,24)20-17(12-13-6-7-13)8-10-21(11-9-17)16(22)19-15-5-3-2-4-14(15)18/h2-5,13,20H,6-12H2,1H3,(H,19,22). The van der Waals surface area contributed by atoms with Crippen molar-refractivity contribution in [3.8, 4) is 0 Å². The molecule has 8 heteroatoms. The Morgan fingerprint density at radius 3 is 2.48 bits per heavy atom. The van der Waals surface area contributed by atoms with E-state index >= 15 is 0 Å². The summed E-state index contributed by atoms with van der Waals surface area (Å²) in [6, 6.07) is 5.67. The normalized spacial score (nSPS) is 20.3. The van der Waals surface area contributed by atoms with E-state index in [0.29, 0.717) is 31.8 Å². The van der Waals surface area contributed by atoms with Crippen LogP contribution in [0.1, 0.15) is 32.1 Å². The number of carbonyl (C=O) groups excluding carboxylic acids is 1. The lowest BCUT2D eigenvalue weighted by atomic mass is 9.84. The van der Waals surface area contributed by atoms with Gasteiger partial charge in [0.15, 0.2) is 0 Å². The van der Waals surface area contributed by atoms with E-state index in [0.717, 1.165) is 19.3 Å². The summed E-state index contributed by atoms with van der Waals surface area (Å²) in [6.45, 7) is 0.880. The maximum absolute atomic E-state index is 13.7. The van der Waals surface area contributed by atoms with Gasteiger partial charge in [0.1, 0.15) is 5.82 Å². The topological polar surface area (TPSA) is 78.5 Å². The zero-order chi connectivity index (χ0) is 18.1. The predicted octanol–water partition coefficient (Wildman–Crippen LogP) is 2.54. The molecule has 0 unspecified atom stereocenters. The summed E-state index contributed by atoms with van der Waals surface area (Å²) in [6.07, 6.45) is 5.43. The first-order valence-electron chi connectivity index (χ1n) is 8.56. The quantitative estimate of drug-likeness (QED) is 0.837. The Labute approximate surface area is 147 Å². The maximum atomic E-state index is 13.7. The van der Waals surface area contributed by atoms with Crippen molar-refractivity contribution >= 4 is 21.7 Å². The van der Waals surface area contributed by atoms with Crippen LogP contribution in [-0.4, -0.2) is 44.2 Å². The third-order valence-corrected chi connectivity index (χ3v) is 5.71. The Balaban J connectivity index is 1.62. The Hall–Kier alpha value is -1.67. The fraction of sp³-hybridized carbons (Fsp3) is 0.588. The Morgan fingerprint density at radius 2 is 1.92 bits per heavy atom. The van der Waals surface area contributed by atoms with Gasteiger partial charge in [-0.1, -0.05) is 25.0 Å². The number of anilines is 1. The molecule has 0 spiro atoms. The molecule has 0 radical (unpaired) electrons. The van der Waals surface area contributed by atoms with Gasteiger partial charge in [-0.25, -0.2) is 22.3 Å². The van der Waals surface area contributed by atoms with E-state index in [9.17, 15) is 17.6 Å². The molecule has 138 valence electrons. The number of likely N-dealkylation sites (tertiary alicyclic amines) is 1. The number of piperidine rings is 1. The molecule has 25 heavy (non-hydrogen) atoms. The van der Waals surface area contributed by atoms with Crippen LogP contribution in [0.5, 0.6) is 0 Å². The molecule has 1 aliphatic heterocycles. The van der Waals surface area contributed by atoms with Crippen LogP contribution in [0.25, 0.3) is 0 Å². The van der Waals surface area contributed by atoms with E-state index in [1.54, 1.807) is 17.0 Å². The fourth-order valence-electron chi connectivity index (χ4n) is 3.51. The average molecular weight is 369 g/mol. The molecule has 3 rings (SSSR count). The zero-order valence-electron chi connectivity index (χ0n) is 14.3. The van der Waals surface area contributed by atoms with Gasteiger partial charge >= 0.3 is 6.03 Å². The number of rotatable bonds is 5. The van der Waals surface area contributed by atoms with Crippen LogP contribution < -0.4 is 10.0 Å². The van der Waals surface area contributed by atoms with Crippen molar-refractivity contribution in [2.24, 2.45) is 5.92 Å². The van der Waals surface area contributed by atoms with Crippen LogP contribution >= 0.6 is 0 Å². The van der Waals surface area contributed by atoms with E-state index in [-0.39, 0.29) is 11.7 Å². The summed E-state index contributed by atoms with van der Waals surface area (Å²) in [5.74, 6) is 0.0997. The van der Waals surface area contributed by atoms with E-state index in [1.165, 1.54) is 18.4 Å². The molecule has 1 aromatic carbocycles. The molecular weight excluding hydrogens is 345 g/mol. The van der Waals surface area contributed by atoms with Gasteiger partial charge in [-0.05, 0) is 37.3 Å². The molecule has 2 fully saturated rings. The number of nitrogens with one attached hydrogen (secondary N) is 2. The predicted molar refractivity (Wildman–Crippen MR) is 94.3 cm³/mol. The van der Waals surface area contributed by atoms with Crippen molar-refractivity contribution < 1.29 is 17.6 Å². The third-order valence-electron chi connectivity index (χ3n) is 4.90. The Bertz CT molecular complexity index is 741. The van der Waals surface area contributed by atoms with E-state index in [4.69, 9.17) is 0 Å². The molecule has 1 saturated heterocycles. The molecule has 0 atom stereocenters. The maximum Gasteiger partial charge on any atom is 0.321 e. The minimum Gasteiger partial charge on any atom is -0.324 e. The SMILES string of the molecule is CS(=O)(=O)NC1(CC2CC2)CCN(C(=O)Nc2ccccc2F)CC1. The second kappa shape index (κ2) is 6.92. The summed E-state index contributed by atoms with van der Waals surface area (Å²) < 4.78 is 40.0. The lowest BCUT2D eigenvalue weighted by Crippen LogP contribution is -2.56. The molecular formula is C17H24FN3O3S. The van der Waals surface area contributed by atoms with E-state index in [1.807, 2.05) is 0 Å². The van der Waals surface area contributed by atoms with Gasteiger partial charge in [0.25, 0.3) is 0 Å². The lowest BCUT2D eigenvalue weighted by molar-refractivity contribution is 0.154. The smallest absolute Gasteiger partial charge is 0.321 e. The summed E-state index contributed by atoms with van der Waals surface area (Å²) in [5, 5.41) is 2.58. The number of urea groups is 1. The van der Waals surface area contributed by atoms with Crippen molar-refractivity contribution in [2.75, 3.05) is 24.7 Å². The highest BCUT2D eigenvalue weighted by atomic mass is 32.2. The fourth-order valence-corrected chi connectivity index (χ4v) is 4.58. The van der Waals surface area contributed by atoms with Crippen LogP contribution in [0.2, 0.25) is 0 Å². The largest absolute Gasteiger partial charge is 0.324 e. The summed E-state index contributed by atoms with van der Waals surface area (Å²) in [5.41, 5.74) is -0.319. The van der Waals surface area contributed by atoms with E-state index in [2.05, 4.69) is 10.0 Å². The van der Waals surface area contributed by atoms with Gasteiger partial charge in [0, 0.05) is 18.6 Å². The summed E-state index contributed by atoms with van der Waals surface area (Å²) in [4.78, 5) is 14.0. The highest BCUT2D eigenvalue weighted by Gasteiger charge is 2.42. The first-order valence-corrected chi connectivity index (χ1v) is 10.4. The van der Waals surface area contributed by atoms with Crippen molar-refractivity contribution in [2.45, 2.75) is 37.6 Å². The highest BCUT2D eigenvalue weighted by molar-refractivity contribution is 7.88. The molecule has 0 aromatic heterocycles. The number of hydrogen-bond acceptors (Lipinski definition) is 3. The van der Waals surface area contributed by atoms with Crippen molar-refractivity contribution in [3.63, 3.8) is 0 Å². The van der Waals surface area contributed by atoms with Crippen LogP contribution in [0.4, 0.5) is 14.9 Å². The molecule has 1 saturated carbocycles. The van der Waals surface area contributed by atoms with E-state index < -0.39 is 21.4 Å². The van der Waals surface area contributed by atoms with Crippen molar-refractivity contribution in [1.29, 1.82) is 0 Å². The van der Waals surface area contributed by atoms with Crippen LogP contribution in [-0.2, 0) is 10.0 Å². The third kappa shape index (κ3) is 4.92. The van der Waals surface area contributed by atoms with Gasteiger partial charge in [-0.15, -0.1) is 0 Å². The number of halogens is 1. The second-order valence-corrected chi connectivity index (χ2v) is 8.95. The number of benzene rings is 1. The molecule has 6 nitrogen and oxygen atoms in total. The number of para-hydroxylation sites is 1. The van der Waals surface area contributed by atoms with Gasteiger partial charge in [-0.3, -0.25) is 0 Å². The van der Waals surface area contributed by atoms with Gasteiger partial charge in [0.2, 0.25) is 10.0 Å². The average Bonchev–Trinajstić information content (AvgIpc) is 3.32. The minimum absolute atomic E-state index is 0.150. The van der Waals surface area contributed by atoms with Gasteiger partial charge in [0.05, 0.1) is 11.9 Å². The second-order valence-electron chi connectivity index (χ2n) is 7.20. The van der Waals surface area contributed by atoms with Crippen molar-refractivity contribution in [3.05, 3.63) is 30.1 Å². The van der Waals surface area contributed by atoms with Gasteiger partial charge in [-0.2, -0.15) is 0 Å². The Morgan fingerprint density at radius 1 is 1.28 bits per heavy atom.